The van der Waals surface area contributed by atoms with Gasteiger partial charge >= 0.3 is 5.97 Å². The van der Waals surface area contributed by atoms with E-state index in [1.165, 1.54) is 11.3 Å². The summed E-state index contributed by atoms with van der Waals surface area (Å²) in [6, 6.07) is 8.12. The second-order valence-electron chi connectivity index (χ2n) is 7.07. The van der Waals surface area contributed by atoms with Gasteiger partial charge < -0.3 is 24.8 Å². The Hall–Kier alpha value is -3.07. The summed E-state index contributed by atoms with van der Waals surface area (Å²) in [5.74, 6) is -0.344. The molecule has 0 aliphatic carbocycles. The fraction of sp³-hybridized carbons (Fsp3) is 0.409. The zero-order chi connectivity index (χ0) is 22.8. The Morgan fingerprint density at radius 3 is 2.42 bits per heavy atom. The molecule has 1 heterocycles. The number of carbonyl (C=O) groups excluding carboxylic acids is 3. The van der Waals surface area contributed by atoms with Crippen molar-refractivity contribution in [2.45, 2.75) is 26.3 Å². The van der Waals surface area contributed by atoms with Crippen molar-refractivity contribution < 1.29 is 28.6 Å². The molecule has 0 radical (unpaired) electrons. The summed E-state index contributed by atoms with van der Waals surface area (Å²) in [6.07, 6.45) is 0.575. The molecule has 9 heteroatoms. The molecule has 0 saturated carbocycles. The number of rotatable bonds is 11. The molecule has 0 fully saturated rings. The lowest BCUT2D eigenvalue weighted by Gasteiger charge is -2.20. The Morgan fingerprint density at radius 1 is 1.06 bits per heavy atom. The Morgan fingerprint density at radius 2 is 1.81 bits per heavy atom. The molecule has 2 rings (SSSR count). The molecular formula is C22H28N2O6S. The van der Waals surface area contributed by atoms with Crippen LogP contribution >= 0.6 is 11.3 Å². The highest BCUT2D eigenvalue weighted by molar-refractivity contribution is 7.12. The topological polar surface area (TPSA) is 103 Å². The van der Waals surface area contributed by atoms with Crippen LogP contribution in [0.25, 0.3) is 0 Å². The highest BCUT2D eigenvalue weighted by Crippen LogP contribution is 2.27. The third-order valence-electron chi connectivity index (χ3n) is 4.48. The van der Waals surface area contributed by atoms with Crippen LogP contribution < -0.4 is 20.1 Å². The van der Waals surface area contributed by atoms with Gasteiger partial charge in [-0.15, -0.1) is 11.3 Å². The van der Waals surface area contributed by atoms with Gasteiger partial charge in [0.15, 0.2) is 18.1 Å². The molecule has 0 spiro atoms. The van der Waals surface area contributed by atoms with Gasteiger partial charge in [-0.3, -0.25) is 9.59 Å². The third-order valence-corrected chi connectivity index (χ3v) is 5.35. The first-order valence-corrected chi connectivity index (χ1v) is 10.7. The number of benzene rings is 1. The van der Waals surface area contributed by atoms with Crippen LogP contribution in [0.4, 0.5) is 0 Å². The normalized spacial score (nSPS) is 11.5. The largest absolute Gasteiger partial charge is 0.493 e. The smallest absolute Gasteiger partial charge is 0.329 e. The van der Waals surface area contributed by atoms with E-state index in [9.17, 15) is 14.4 Å². The molecule has 2 N–H and O–H groups in total. The van der Waals surface area contributed by atoms with Crippen molar-refractivity contribution in [3.63, 3.8) is 0 Å². The maximum absolute atomic E-state index is 12.4. The van der Waals surface area contributed by atoms with Crippen molar-refractivity contribution in [2.75, 3.05) is 27.4 Å². The second-order valence-corrected chi connectivity index (χ2v) is 8.02. The van der Waals surface area contributed by atoms with E-state index in [1.807, 2.05) is 12.1 Å². The van der Waals surface area contributed by atoms with Crippen molar-refractivity contribution in [3.05, 3.63) is 46.2 Å². The standard InChI is InChI=1S/C22H28N2O6S/c1-14(2)20(24-21(26)18-6-5-11-31-18)22(27)30-13-19(25)23-10-9-15-7-8-16(28-3)17(12-15)29-4/h5-8,11-12,14,20H,9-10,13H2,1-4H3,(H,23,25)(H,24,26). The van der Waals surface area contributed by atoms with Gasteiger partial charge in [-0.25, -0.2) is 4.79 Å². The highest BCUT2D eigenvalue weighted by Gasteiger charge is 2.27. The molecule has 168 valence electrons. The molecule has 1 atom stereocenters. The zero-order valence-electron chi connectivity index (χ0n) is 18.1. The van der Waals surface area contributed by atoms with Crippen LogP contribution in [0.5, 0.6) is 11.5 Å². The minimum absolute atomic E-state index is 0.190. The second kappa shape index (κ2) is 11.9. The monoisotopic (exact) mass is 448 g/mol. The number of esters is 1. The maximum Gasteiger partial charge on any atom is 0.329 e. The molecular weight excluding hydrogens is 420 g/mol. The van der Waals surface area contributed by atoms with E-state index in [-0.39, 0.29) is 11.8 Å². The number of ether oxygens (including phenoxy) is 3. The van der Waals surface area contributed by atoms with Gasteiger partial charge in [0.25, 0.3) is 11.8 Å². The first-order chi connectivity index (χ1) is 14.8. The number of amides is 2. The fourth-order valence-electron chi connectivity index (χ4n) is 2.78. The SMILES string of the molecule is COc1ccc(CCNC(=O)COC(=O)C(NC(=O)c2cccs2)C(C)C)cc1OC. The van der Waals surface area contributed by atoms with Crippen LogP contribution in [0.1, 0.15) is 29.1 Å². The Bertz CT molecular complexity index is 882. The first kappa shape index (κ1) is 24.2. The molecule has 1 aromatic carbocycles. The molecule has 8 nitrogen and oxygen atoms in total. The van der Waals surface area contributed by atoms with Crippen molar-refractivity contribution in [3.8, 4) is 11.5 Å². The van der Waals surface area contributed by atoms with E-state index in [0.717, 1.165) is 5.56 Å². The zero-order valence-corrected chi connectivity index (χ0v) is 18.9. The highest BCUT2D eigenvalue weighted by atomic mass is 32.1. The van der Waals surface area contributed by atoms with E-state index in [1.54, 1.807) is 51.6 Å². The van der Waals surface area contributed by atoms with Crippen molar-refractivity contribution in [1.29, 1.82) is 0 Å². The number of nitrogens with one attached hydrogen (secondary N) is 2. The molecule has 0 bridgehead atoms. The van der Waals surface area contributed by atoms with Gasteiger partial charge in [-0.2, -0.15) is 0 Å². The van der Waals surface area contributed by atoms with E-state index in [4.69, 9.17) is 14.2 Å². The number of hydrogen-bond acceptors (Lipinski definition) is 7. The summed E-state index contributed by atoms with van der Waals surface area (Å²) >= 11 is 1.28. The third kappa shape index (κ3) is 7.29. The van der Waals surface area contributed by atoms with Crippen LogP contribution in [0, 0.1) is 5.92 Å². The minimum Gasteiger partial charge on any atom is -0.493 e. The molecule has 1 aromatic heterocycles. The average molecular weight is 449 g/mol. The Kier molecular flexibility index (Phi) is 9.33. The number of methoxy groups -OCH3 is 2. The minimum atomic E-state index is -0.839. The lowest BCUT2D eigenvalue weighted by atomic mass is 10.0. The van der Waals surface area contributed by atoms with Gasteiger partial charge in [-0.05, 0) is 41.5 Å². The lowest BCUT2D eigenvalue weighted by Crippen LogP contribution is -2.46. The van der Waals surface area contributed by atoms with Gasteiger partial charge in [0, 0.05) is 6.54 Å². The average Bonchev–Trinajstić information content (AvgIpc) is 3.30. The summed E-state index contributed by atoms with van der Waals surface area (Å²) in [5.41, 5.74) is 0.964. The van der Waals surface area contributed by atoms with Crippen LogP contribution in [-0.4, -0.2) is 51.2 Å². The summed E-state index contributed by atoms with van der Waals surface area (Å²) in [4.78, 5) is 37.2. The molecule has 0 aliphatic heterocycles. The van der Waals surface area contributed by atoms with Crippen LogP contribution in [0.2, 0.25) is 0 Å². The number of thiophene rings is 1. The van der Waals surface area contributed by atoms with E-state index in [0.29, 0.717) is 29.3 Å². The van der Waals surface area contributed by atoms with Gasteiger partial charge in [0.1, 0.15) is 6.04 Å². The van der Waals surface area contributed by atoms with E-state index in [2.05, 4.69) is 10.6 Å². The first-order valence-electron chi connectivity index (χ1n) is 9.84. The molecule has 0 aliphatic rings. The van der Waals surface area contributed by atoms with Gasteiger partial charge in [0.2, 0.25) is 0 Å². The van der Waals surface area contributed by atoms with Crippen molar-refractivity contribution in [2.24, 2.45) is 5.92 Å². The summed E-state index contributed by atoms with van der Waals surface area (Å²) in [6.45, 7) is 3.55. The lowest BCUT2D eigenvalue weighted by molar-refractivity contribution is -0.151. The van der Waals surface area contributed by atoms with Crippen LogP contribution in [0.15, 0.2) is 35.7 Å². The van der Waals surface area contributed by atoms with Crippen molar-refractivity contribution in [1.82, 2.24) is 10.6 Å². The number of carbonyl (C=O) groups is 3. The quantitative estimate of drug-likeness (QED) is 0.512. The Labute approximate surface area is 185 Å². The summed E-state index contributed by atoms with van der Waals surface area (Å²) in [5, 5.41) is 7.16. The number of hydrogen-bond donors (Lipinski definition) is 2. The predicted molar refractivity (Wildman–Crippen MR) is 118 cm³/mol. The molecule has 31 heavy (non-hydrogen) atoms. The molecule has 2 aromatic rings. The van der Waals surface area contributed by atoms with Crippen LogP contribution in [-0.2, 0) is 20.7 Å². The predicted octanol–water partition coefficient (Wildman–Crippen LogP) is 2.42. The van der Waals surface area contributed by atoms with Crippen molar-refractivity contribution >= 4 is 29.1 Å². The Balaban J connectivity index is 1.78. The molecule has 2 amide bonds. The van der Waals surface area contributed by atoms with Crippen LogP contribution in [0.3, 0.4) is 0 Å². The van der Waals surface area contributed by atoms with Gasteiger partial charge in [0.05, 0.1) is 19.1 Å². The summed E-state index contributed by atoms with van der Waals surface area (Å²) in [7, 11) is 3.13. The van der Waals surface area contributed by atoms with E-state index >= 15 is 0 Å². The fourth-order valence-corrected chi connectivity index (χ4v) is 3.40. The maximum atomic E-state index is 12.4. The summed E-state index contributed by atoms with van der Waals surface area (Å²) < 4.78 is 15.6. The molecule has 0 saturated heterocycles. The van der Waals surface area contributed by atoms with E-state index < -0.39 is 24.5 Å². The molecule has 1 unspecified atom stereocenters. The van der Waals surface area contributed by atoms with Gasteiger partial charge in [-0.1, -0.05) is 26.0 Å².